The average Bonchev–Trinajstić information content (AvgIpc) is 3.11. The molecule has 2 N–H and O–H groups in total. The van der Waals surface area contributed by atoms with Crippen LogP contribution in [0.1, 0.15) is 12.5 Å². The van der Waals surface area contributed by atoms with Crippen molar-refractivity contribution in [3.05, 3.63) is 58.3 Å². The number of ether oxygens (including phenoxy) is 1. The Labute approximate surface area is 144 Å². The highest BCUT2D eigenvalue weighted by Gasteiger charge is 2.38. The molecule has 2 unspecified atom stereocenters. The summed E-state index contributed by atoms with van der Waals surface area (Å²) < 4.78 is 5.46. The number of hydrogen-bond acceptors (Lipinski definition) is 3. The van der Waals surface area contributed by atoms with Gasteiger partial charge in [-0.05, 0) is 29.3 Å². The molecule has 2 amide bonds. The number of nitrogens with one attached hydrogen (secondary N) is 2. The van der Waals surface area contributed by atoms with E-state index >= 15 is 0 Å². The normalized spacial score (nSPS) is 27.1. The lowest BCUT2D eigenvalue weighted by Crippen LogP contribution is -2.39. The minimum Gasteiger partial charge on any atom is -0.500 e. The topological polar surface area (TPSA) is 67.4 Å². The van der Waals surface area contributed by atoms with Crippen LogP contribution in [-0.4, -0.2) is 24.5 Å². The Hall–Kier alpha value is -2.53. The van der Waals surface area contributed by atoms with E-state index in [4.69, 9.17) is 16.3 Å². The summed E-state index contributed by atoms with van der Waals surface area (Å²) >= 11 is 6.13. The van der Waals surface area contributed by atoms with Gasteiger partial charge < -0.3 is 15.4 Å². The lowest BCUT2D eigenvalue weighted by molar-refractivity contribution is -0.119. The minimum atomic E-state index is -0.350. The monoisotopic (exact) mass is 342 g/mol. The minimum absolute atomic E-state index is 0.0578. The number of amides is 2. The van der Waals surface area contributed by atoms with Crippen LogP contribution in [0.15, 0.2) is 47.8 Å². The van der Waals surface area contributed by atoms with Crippen LogP contribution in [0.3, 0.4) is 0 Å². The Morgan fingerprint density at radius 2 is 2.25 bits per heavy atom. The second-order valence-electron chi connectivity index (χ2n) is 6.02. The summed E-state index contributed by atoms with van der Waals surface area (Å²) in [6.07, 6.45) is 5.53. The number of hydrogen-bond donors (Lipinski definition) is 2. The molecule has 0 saturated heterocycles. The smallest absolute Gasteiger partial charge is 0.256 e. The van der Waals surface area contributed by atoms with Crippen LogP contribution in [0.2, 0.25) is 5.02 Å². The summed E-state index contributed by atoms with van der Waals surface area (Å²) in [5.41, 5.74) is 3.90. The quantitative estimate of drug-likeness (QED) is 0.771. The molecule has 2 heterocycles. The maximum atomic E-state index is 12.7. The van der Waals surface area contributed by atoms with Crippen molar-refractivity contribution in [2.75, 3.05) is 11.9 Å². The van der Waals surface area contributed by atoms with Crippen molar-refractivity contribution in [1.29, 1.82) is 0 Å². The largest absolute Gasteiger partial charge is 0.500 e. The molecule has 4 rings (SSSR count). The molecule has 1 aliphatic carbocycles. The Morgan fingerprint density at radius 1 is 1.42 bits per heavy atom. The second-order valence-corrected chi connectivity index (χ2v) is 6.45. The van der Waals surface area contributed by atoms with E-state index in [0.717, 1.165) is 22.4 Å². The van der Waals surface area contributed by atoms with Crippen molar-refractivity contribution in [1.82, 2.24) is 5.32 Å². The van der Waals surface area contributed by atoms with Gasteiger partial charge in [0.2, 0.25) is 5.91 Å². The van der Waals surface area contributed by atoms with E-state index in [-0.39, 0.29) is 23.8 Å². The summed E-state index contributed by atoms with van der Waals surface area (Å²) in [4.78, 5) is 24.3. The highest BCUT2D eigenvalue weighted by molar-refractivity contribution is 6.35. The zero-order chi connectivity index (χ0) is 16.8. The Bertz CT molecular complexity index is 854. The number of benzene rings is 1. The van der Waals surface area contributed by atoms with Crippen LogP contribution in [-0.2, 0) is 14.3 Å². The number of carbonyl (C=O) groups excluding carboxylic acids is 2. The SMILES string of the molecule is CC(=O)NC1C=CC2=COCC2C1=C1C(=O)Nc2ccc(Cl)cc21. The summed E-state index contributed by atoms with van der Waals surface area (Å²) in [6.45, 7) is 1.92. The highest BCUT2D eigenvalue weighted by Crippen LogP contribution is 2.43. The molecule has 2 atom stereocenters. The number of anilines is 1. The number of halogens is 1. The maximum absolute atomic E-state index is 12.7. The summed E-state index contributed by atoms with van der Waals surface area (Å²) in [7, 11) is 0. The molecule has 1 aromatic carbocycles. The molecule has 3 aliphatic rings. The van der Waals surface area contributed by atoms with Crippen molar-refractivity contribution in [2.45, 2.75) is 13.0 Å². The molecule has 5 nitrogen and oxygen atoms in total. The first-order valence-electron chi connectivity index (χ1n) is 7.67. The van der Waals surface area contributed by atoms with Crippen molar-refractivity contribution in [3.63, 3.8) is 0 Å². The summed E-state index contributed by atoms with van der Waals surface area (Å²) in [5, 5.41) is 6.34. The van der Waals surface area contributed by atoms with Gasteiger partial charge in [-0.2, -0.15) is 0 Å². The molecule has 0 radical (unpaired) electrons. The van der Waals surface area contributed by atoms with Gasteiger partial charge >= 0.3 is 0 Å². The van der Waals surface area contributed by atoms with Crippen LogP contribution in [0.5, 0.6) is 0 Å². The molecular formula is C18H15ClN2O3. The van der Waals surface area contributed by atoms with E-state index in [1.807, 2.05) is 12.2 Å². The molecule has 122 valence electrons. The van der Waals surface area contributed by atoms with Gasteiger partial charge in [-0.1, -0.05) is 23.8 Å². The molecule has 0 bridgehead atoms. The molecule has 0 aromatic heterocycles. The van der Waals surface area contributed by atoms with Gasteiger partial charge in [0, 0.05) is 29.1 Å². The molecule has 0 saturated carbocycles. The van der Waals surface area contributed by atoms with Crippen molar-refractivity contribution >= 4 is 34.7 Å². The Kier molecular flexibility index (Phi) is 3.46. The van der Waals surface area contributed by atoms with Gasteiger partial charge in [-0.25, -0.2) is 0 Å². The number of fused-ring (bicyclic) bond motifs is 2. The molecule has 24 heavy (non-hydrogen) atoms. The first kappa shape index (κ1) is 15.0. The summed E-state index contributed by atoms with van der Waals surface area (Å²) in [5.74, 6) is -0.393. The van der Waals surface area contributed by atoms with Gasteiger partial charge in [0.05, 0.1) is 24.5 Å². The van der Waals surface area contributed by atoms with Crippen molar-refractivity contribution in [2.24, 2.45) is 5.92 Å². The third kappa shape index (κ3) is 2.32. The van der Waals surface area contributed by atoms with E-state index in [9.17, 15) is 9.59 Å². The molecule has 2 aliphatic heterocycles. The average molecular weight is 343 g/mol. The Morgan fingerprint density at radius 3 is 3.04 bits per heavy atom. The van der Waals surface area contributed by atoms with Gasteiger partial charge in [0.1, 0.15) is 0 Å². The highest BCUT2D eigenvalue weighted by atomic mass is 35.5. The van der Waals surface area contributed by atoms with Crippen LogP contribution >= 0.6 is 11.6 Å². The van der Waals surface area contributed by atoms with Gasteiger partial charge in [-0.3, -0.25) is 9.59 Å². The first-order chi connectivity index (χ1) is 11.5. The Balaban J connectivity index is 1.93. The van der Waals surface area contributed by atoms with Gasteiger partial charge in [0.25, 0.3) is 5.91 Å². The van der Waals surface area contributed by atoms with Gasteiger partial charge in [0.15, 0.2) is 0 Å². The predicted molar refractivity (Wildman–Crippen MR) is 91.3 cm³/mol. The fraction of sp³-hybridized carbons (Fsp3) is 0.222. The fourth-order valence-corrected chi connectivity index (χ4v) is 3.64. The number of rotatable bonds is 1. The van der Waals surface area contributed by atoms with E-state index in [1.54, 1.807) is 24.5 Å². The maximum Gasteiger partial charge on any atom is 0.256 e. The van der Waals surface area contributed by atoms with E-state index in [0.29, 0.717) is 17.2 Å². The zero-order valence-corrected chi connectivity index (χ0v) is 13.7. The predicted octanol–water partition coefficient (Wildman–Crippen LogP) is 2.65. The lowest BCUT2D eigenvalue weighted by atomic mass is 9.79. The zero-order valence-electron chi connectivity index (χ0n) is 12.9. The van der Waals surface area contributed by atoms with Crippen LogP contribution in [0.25, 0.3) is 5.57 Å². The van der Waals surface area contributed by atoms with E-state index in [2.05, 4.69) is 10.6 Å². The van der Waals surface area contributed by atoms with E-state index < -0.39 is 0 Å². The number of carbonyl (C=O) groups is 2. The summed E-state index contributed by atoms with van der Waals surface area (Å²) in [6, 6.07) is 4.96. The first-order valence-corrected chi connectivity index (χ1v) is 8.04. The van der Waals surface area contributed by atoms with Crippen LogP contribution in [0, 0.1) is 5.92 Å². The van der Waals surface area contributed by atoms with Gasteiger partial charge in [-0.15, -0.1) is 0 Å². The molecule has 0 fully saturated rings. The second kappa shape index (κ2) is 5.53. The molecule has 1 aromatic rings. The number of allylic oxidation sites excluding steroid dienone is 1. The van der Waals surface area contributed by atoms with Crippen LogP contribution < -0.4 is 10.6 Å². The molecule has 0 spiro atoms. The molecule has 6 heteroatoms. The van der Waals surface area contributed by atoms with Crippen molar-refractivity contribution in [3.8, 4) is 0 Å². The van der Waals surface area contributed by atoms with Crippen molar-refractivity contribution < 1.29 is 14.3 Å². The lowest BCUT2D eigenvalue weighted by Gasteiger charge is -2.28. The fourth-order valence-electron chi connectivity index (χ4n) is 3.47. The standard InChI is InChI=1S/C18H15ClN2O3/c1-9(22)20-15-4-2-10-7-24-8-13(10)16(15)17-12-6-11(19)3-5-14(12)21-18(17)23/h2-7,13,15H,8H2,1H3,(H,20,22)(H,21,23). The third-order valence-corrected chi connectivity index (χ3v) is 4.69. The third-order valence-electron chi connectivity index (χ3n) is 4.45. The van der Waals surface area contributed by atoms with Crippen LogP contribution in [0.4, 0.5) is 5.69 Å². The molecular weight excluding hydrogens is 328 g/mol. The van der Waals surface area contributed by atoms with E-state index in [1.165, 1.54) is 6.92 Å².